The molecule has 0 radical (unpaired) electrons. The van der Waals surface area contributed by atoms with E-state index in [1.54, 1.807) is 19.9 Å². The predicted molar refractivity (Wildman–Crippen MR) is 128 cm³/mol. The SMILES string of the molecule is CCS(=O)(=O)NC(=O)c1cc(C)c(-c2cnc(Oc3c(C)cc(Cl)cc3Cl)c(Cl)c2)cc1F. The van der Waals surface area contributed by atoms with Gasteiger partial charge in [0.25, 0.3) is 5.91 Å². The third-order valence-electron chi connectivity index (χ3n) is 4.70. The molecule has 11 heteroatoms. The van der Waals surface area contributed by atoms with Crippen molar-refractivity contribution in [1.82, 2.24) is 9.71 Å². The molecule has 0 bridgehead atoms. The van der Waals surface area contributed by atoms with Crippen LogP contribution in [-0.4, -0.2) is 25.1 Å². The number of nitrogens with zero attached hydrogens (tertiary/aromatic N) is 1. The van der Waals surface area contributed by atoms with Gasteiger partial charge in [-0.05, 0) is 67.8 Å². The molecule has 0 saturated carbocycles. The van der Waals surface area contributed by atoms with Crippen molar-refractivity contribution in [2.75, 3.05) is 5.75 Å². The smallest absolute Gasteiger partial charge is 0.267 e. The Morgan fingerprint density at radius 1 is 1.06 bits per heavy atom. The van der Waals surface area contributed by atoms with Crippen LogP contribution in [0.15, 0.2) is 36.5 Å². The van der Waals surface area contributed by atoms with Gasteiger partial charge in [0, 0.05) is 16.8 Å². The molecule has 1 N–H and O–H groups in total. The van der Waals surface area contributed by atoms with Gasteiger partial charge in [-0.2, -0.15) is 0 Å². The summed E-state index contributed by atoms with van der Waals surface area (Å²) in [6.45, 7) is 4.78. The fraction of sp³-hybridized carbons (Fsp3) is 0.182. The highest BCUT2D eigenvalue weighted by Crippen LogP contribution is 2.38. The van der Waals surface area contributed by atoms with Gasteiger partial charge >= 0.3 is 0 Å². The van der Waals surface area contributed by atoms with Crippen molar-refractivity contribution < 1.29 is 22.3 Å². The summed E-state index contributed by atoms with van der Waals surface area (Å²) < 4.78 is 45.5. The quantitative estimate of drug-likeness (QED) is 0.401. The number of carbonyl (C=O) groups is 1. The van der Waals surface area contributed by atoms with Gasteiger partial charge in [0.15, 0.2) is 5.75 Å². The number of hydrogen-bond donors (Lipinski definition) is 1. The lowest BCUT2D eigenvalue weighted by molar-refractivity contribution is 0.0977. The van der Waals surface area contributed by atoms with Gasteiger partial charge < -0.3 is 4.74 Å². The number of rotatable bonds is 6. The molecule has 2 aromatic carbocycles. The van der Waals surface area contributed by atoms with Crippen molar-refractivity contribution in [3.8, 4) is 22.8 Å². The van der Waals surface area contributed by atoms with Crippen molar-refractivity contribution in [3.05, 3.63) is 74.1 Å². The summed E-state index contributed by atoms with van der Waals surface area (Å²) in [7, 11) is -3.83. The van der Waals surface area contributed by atoms with E-state index in [1.807, 2.05) is 4.72 Å². The molecular weight excluding hydrogens is 514 g/mol. The predicted octanol–water partition coefficient (Wildman–Crippen LogP) is 6.34. The molecular formula is C22H18Cl3FN2O4S. The van der Waals surface area contributed by atoms with Gasteiger partial charge in [0.1, 0.15) is 10.8 Å². The number of pyridine rings is 1. The van der Waals surface area contributed by atoms with E-state index in [0.29, 0.717) is 38.0 Å². The Bertz CT molecular complexity index is 1340. The maximum absolute atomic E-state index is 14.7. The Balaban J connectivity index is 1.93. The van der Waals surface area contributed by atoms with Crippen molar-refractivity contribution in [2.24, 2.45) is 0 Å². The van der Waals surface area contributed by atoms with Crippen molar-refractivity contribution >= 4 is 50.7 Å². The summed E-state index contributed by atoms with van der Waals surface area (Å²) in [5.74, 6) is -1.80. The van der Waals surface area contributed by atoms with Crippen LogP contribution in [0.4, 0.5) is 4.39 Å². The molecule has 3 aromatic rings. The largest absolute Gasteiger partial charge is 0.436 e. The molecule has 0 spiro atoms. The standard InChI is InChI=1S/C22H18Cl3FN2O4S/c1-4-33(30,31)28-21(29)16-6-11(2)15(9-19(16)26)13-7-18(25)22(27-10-13)32-20-12(3)5-14(23)8-17(20)24/h5-10H,4H2,1-3H3,(H,28,29). The number of nitrogens with one attached hydrogen (secondary N) is 1. The number of ether oxygens (including phenoxy) is 1. The molecule has 3 rings (SSSR count). The summed E-state index contributed by atoms with van der Waals surface area (Å²) >= 11 is 18.5. The van der Waals surface area contributed by atoms with Crippen LogP contribution in [0, 0.1) is 19.7 Å². The number of benzene rings is 2. The lowest BCUT2D eigenvalue weighted by atomic mass is 9.99. The second kappa shape index (κ2) is 9.85. The molecule has 1 amide bonds. The third kappa shape index (κ3) is 5.76. The van der Waals surface area contributed by atoms with Crippen LogP contribution in [0.1, 0.15) is 28.4 Å². The van der Waals surface area contributed by atoms with Crippen molar-refractivity contribution in [3.63, 3.8) is 0 Å². The highest BCUT2D eigenvalue weighted by molar-refractivity contribution is 7.90. The van der Waals surface area contributed by atoms with E-state index in [2.05, 4.69) is 4.98 Å². The molecule has 0 aliphatic carbocycles. The normalized spacial score (nSPS) is 11.4. The fourth-order valence-electron chi connectivity index (χ4n) is 3.00. The maximum atomic E-state index is 14.7. The van der Waals surface area contributed by atoms with E-state index in [-0.39, 0.29) is 22.2 Å². The number of amides is 1. The molecule has 0 fully saturated rings. The van der Waals surface area contributed by atoms with Crippen molar-refractivity contribution in [1.29, 1.82) is 0 Å². The number of carbonyl (C=O) groups excluding carboxylic acids is 1. The van der Waals surface area contributed by atoms with Gasteiger partial charge in [0.2, 0.25) is 15.9 Å². The molecule has 0 aliphatic heterocycles. The second-order valence-electron chi connectivity index (χ2n) is 7.13. The minimum atomic E-state index is -3.83. The highest BCUT2D eigenvalue weighted by Gasteiger charge is 2.20. The zero-order valence-electron chi connectivity index (χ0n) is 17.7. The number of hydrogen-bond acceptors (Lipinski definition) is 5. The van der Waals surface area contributed by atoms with Crippen LogP contribution in [-0.2, 0) is 10.0 Å². The molecule has 0 unspecified atom stereocenters. The van der Waals surface area contributed by atoms with E-state index in [0.717, 1.165) is 6.07 Å². The molecule has 1 heterocycles. The first kappa shape index (κ1) is 25.2. The number of sulfonamides is 1. The summed E-state index contributed by atoms with van der Waals surface area (Å²) in [5, 5.41) is 0.897. The minimum absolute atomic E-state index is 0.0895. The average Bonchev–Trinajstić information content (AvgIpc) is 2.72. The topological polar surface area (TPSA) is 85.4 Å². The van der Waals surface area contributed by atoms with Crippen LogP contribution in [0.5, 0.6) is 11.6 Å². The summed E-state index contributed by atoms with van der Waals surface area (Å²) in [5.41, 5.74) is 1.70. The van der Waals surface area contributed by atoms with Gasteiger partial charge in [-0.3, -0.25) is 4.79 Å². The minimum Gasteiger partial charge on any atom is -0.436 e. The summed E-state index contributed by atoms with van der Waals surface area (Å²) in [4.78, 5) is 16.4. The first-order valence-corrected chi connectivity index (χ1v) is 12.3. The number of aryl methyl sites for hydroxylation is 2. The Morgan fingerprint density at radius 3 is 2.36 bits per heavy atom. The first-order valence-electron chi connectivity index (χ1n) is 9.56. The number of halogens is 4. The van der Waals surface area contributed by atoms with Gasteiger partial charge in [-0.15, -0.1) is 0 Å². The summed E-state index contributed by atoms with van der Waals surface area (Å²) in [6.07, 6.45) is 1.43. The van der Waals surface area contributed by atoms with E-state index in [1.165, 1.54) is 31.3 Å². The fourth-order valence-corrected chi connectivity index (χ4v) is 4.37. The first-order chi connectivity index (χ1) is 15.4. The summed E-state index contributed by atoms with van der Waals surface area (Å²) in [6, 6.07) is 7.13. The van der Waals surface area contributed by atoms with Crippen LogP contribution < -0.4 is 9.46 Å². The van der Waals surface area contributed by atoms with Crippen molar-refractivity contribution in [2.45, 2.75) is 20.8 Å². The second-order valence-corrected chi connectivity index (χ2v) is 10.4. The molecule has 0 saturated heterocycles. The Labute approximate surface area is 205 Å². The maximum Gasteiger partial charge on any atom is 0.267 e. The van der Waals surface area contributed by atoms with E-state index in [9.17, 15) is 17.6 Å². The average molecular weight is 532 g/mol. The Hall–Kier alpha value is -2.39. The highest BCUT2D eigenvalue weighted by atomic mass is 35.5. The molecule has 33 heavy (non-hydrogen) atoms. The molecule has 174 valence electrons. The zero-order valence-corrected chi connectivity index (χ0v) is 20.8. The lowest BCUT2D eigenvalue weighted by Gasteiger charge is -2.14. The van der Waals surface area contributed by atoms with E-state index < -0.39 is 21.7 Å². The van der Waals surface area contributed by atoms with Gasteiger partial charge in [0.05, 0.1) is 16.3 Å². The van der Waals surface area contributed by atoms with E-state index in [4.69, 9.17) is 39.5 Å². The zero-order chi connectivity index (χ0) is 24.5. The molecule has 6 nitrogen and oxygen atoms in total. The molecule has 0 atom stereocenters. The lowest BCUT2D eigenvalue weighted by Crippen LogP contribution is -2.32. The van der Waals surface area contributed by atoms with E-state index >= 15 is 0 Å². The molecule has 1 aromatic heterocycles. The van der Waals surface area contributed by atoms with Crippen LogP contribution in [0.25, 0.3) is 11.1 Å². The Kier molecular flexibility index (Phi) is 7.53. The van der Waals surface area contributed by atoms with Crippen LogP contribution in [0.3, 0.4) is 0 Å². The Morgan fingerprint density at radius 2 is 1.76 bits per heavy atom. The van der Waals surface area contributed by atoms with Crippen LogP contribution >= 0.6 is 34.8 Å². The third-order valence-corrected chi connectivity index (χ3v) is 6.72. The molecule has 0 aliphatic rings. The van der Waals surface area contributed by atoms with Gasteiger partial charge in [-0.1, -0.05) is 34.8 Å². The van der Waals surface area contributed by atoms with Gasteiger partial charge in [-0.25, -0.2) is 22.5 Å². The number of aromatic nitrogens is 1. The monoisotopic (exact) mass is 530 g/mol. The van der Waals surface area contributed by atoms with Crippen LogP contribution in [0.2, 0.25) is 15.1 Å².